The van der Waals surface area contributed by atoms with Crippen molar-refractivity contribution in [3.05, 3.63) is 221 Å². The third-order valence-electron chi connectivity index (χ3n) is 14.0. The molecule has 4 aromatic carbocycles. The SMILES string of the molecule is C.C.C.C.CCc1nccc(-c2cn[nH]c2-c2ccc(Cl)cc2)n1.CCc1nccc(-c2cn[nH]c2-c2ccc(Cl)cc2)n1.CCc1nccc(-c2cn[nH]c2-c2ccc(F)cc2)n1.Clc1ccc(-c2n[nH]c(CCN3CCNCC3)c2-c2ccncc2)cc1. The highest BCUT2D eigenvalue weighted by Crippen LogP contribution is 2.35. The molecular formula is C69H77Cl3FN17. The van der Waals surface area contributed by atoms with Crippen LogP contribution in [0.1, 0.15) is 73.6 Å². The van der Waals surface area contributed by atoms with Gasteiger partial charge in [0.05, 0.1) is 52.8 Å². The van der Waals surface area contributed by atoms with Crippen molar-refractivity contribution in [2.45, 2.75) is 76.2 Å². The number of nitrogens with one attached hydrogen (secondary N) is 5. The average molecular weight is 1270 g/mol. The molecule has 13 rings (SSSR count). The second kappa shape index (κ2) is 34.5. The molecular weight excluding hydrogens is 1190 g/mol. The summed E-state index contributed by atoms with van der Waals surface area (Å²) in [5.74, 6) is 2.18. The largest absolute Gasteiger partial charge is 0.314 e. The number of rotatable bonds is 14. The van der Waals surface area contributed by atoms with Crippen molar-refractivity contribution in [1.82, 2.24) is 85.9 Å². The fourth-order valence-electron chi connectivity index (χ4n) is 9.52. The molecule has 1 aliphatic heterocycles. The van der Waals surface area contributed by atoms with E-state index in [0.29, 0.717) is 10.0 Å². The van der Waals surface area contributed by atoms with Crippen LogP contribution in [0.15, 0.2) is 177 Å². The molecule has 0 amide bonds. The van der Waals surface area contributed by atoms with Gasteiger partial charge >= 0.3 is 0 Å². The molecule has 0 spiro atoms. The highest BCUT2D eigenvalue weighted by atomic mass is 35.5. The fourth-order valence-corrected chi connectivity index (χ4v) is 9.90. The van der Waals surface area contributed by atoms with Gasteiger partial charge in [-0.1, -0.05) is 122 Å². The van der Waals surface area contributed by atoms with Crippen LogP contribution in [-0.2, 0) is 25.7 Å². The van der Waals surface area contributed by atoms with Crippen LogP contribution in [0.2, 0.25) is 15.1 Å². The zero-order chi connectivity index (χ0) is 59.6. The molecule has 1 fully saturated rings. The zero-order valence-corrected chi connectivity index (χ0v) is 49.8. The van der Waals surface area contributed by atoms with Gasteiger partial charge < -0.3 is 10.2 Å². The molecule has 0 radical (unpaired) electrons. The maximum atomic E-state index is 13.0. The molecule has 0 saturated carbocycles. The third kappa shape index (κ3) is 18.0. The maximum Gasteiger partial charge on any atom is 0.128 e. The maximum absolute atomic E-state index is 13.0. The fraction of sp³-hybridized carbons (Fsp3) is 0.232. The van der Waals surface area contributed by atoms with E-state index in [-0.39, 0.29) is 35.5 Å². The second-order valence-corrected chi connectivity index (χ2v) is 21.0. The molecule has 466 valence electrons. The first-order valence-electron chi connectivity index (χ1n) is 28.2. The van der Waals surface area contributed by atoms with E-state index in [0.717, 1.165) is 171 Å². The smallest absolute Gasteiger partial charge is 0.128 e. The number of aromatic amines is 4. The topological polar surface area (TPSA) is 220 Å². The molecule has 21 heteroatoms. The van der Waals surface area contributed by atoms with E-state index in [2.05, 4.69) is 85.9 Å². The first-order chi connectivity index (χ1) is 42.1. The summed E-state index contributed by atoms with van der Waals surface area (Å²) in [6.07, 6.45) is 17.6. The van der Waals surface area contributed by atoms with Crippen molar-refractivity contribution >= 4 is 34.8 Å². The monoisotopic (exact) mass is 1270 g/mol. The van der Waals surface area contributed by atoms with E-state index < -0.39 is 0 Å². The number of aryl methyl sites for hydroxylation is 3. The Morgan fingerprint density at radius 1 is 0.444 bits per heavy atom. The van der Waals surface area contributed by atoms with Crippen molar-refractivity contribution < 1.29 is 4.39 Å². The molecule has 90 heavy (non-hydrogen) atoms. The summed E-state index contributed by atoms with van der Waals surface area (Å²) in [5.41, 5.74) is 16.5. The van der Waals surface area contributed by atoms with E-state index in [1.807, 2.05) is 136 Å². The van der Waals surface area contributed by atoms with Crippen LogP contribution in [0, 0.1) is 5.82 Å². The van der Waals surface area contributed by atoms with Crippen LogP contribution in [0.5, 0.6) is 0 Å². The first kappa shape index (κ1) is 69.9. The van der Waals surface area contributed by atoms with Crippen molar-refractivity contribution in [1.29, 1.82) is 0 Å². The van der Waals surface area contributed by atoms with Crippen LogP contribution >= 0.6 is 34.8 Å². The van der Waals surface area contributed by atoms with Gasteiger partial charge in [0.1, 0.15) is 29.0 Å². The minimum Gasteiger partial charge on any atom is -0.314 e. The number of benzene rings is 4. The lowest BCUT2D eigenvalue weighted by molar-refractivity contribution is 0.243. The Kier molecular flexibility index (Phi) is 26.8. The van der Waals surface area contributed by atoms with Crippen molar-refractivity contribution in [2.75, 3.05) is 32.7 Å². The van der Waals surface area contributed by atoms with Crippen LogP contribution in [0.3, 0.4) is 0 Å². The van der Waals surface area contributed by atoms with Gasteiger partial charge in [0.2, 0.25) is 0 Å². The molecule has 9 heterocycles. The Balaban J connectivity index is 0.000000189. The van der Waals surface area contributed by atoms with Crippen molar-refractivity contribution in [2.24, 2.45) is 0 Å². The Labute approximate surface area is 541 Å². The molecule has 0 bridgehead atoms. The van der Waals surface area contributed by atoms with Crippen LogP contribution in [0.25, 0.3) is 89.9 Å². The third-order valence-corrected chi connectivity index (χ3v) is 14.8. The number of pyridine rings is 1. The van der Waals surface area contributed by atoms with Gasteiger partial charge in [-0.15, -0.1) is 0 Å². The molecule has 5 N–H and O–H groups in total. The van der Waals surface area contributed by atoms with Crippen LogP contribution in [0.4, 0.5) is 4.39 Å². The lowest BCUT2D eigenvalue weighted by atomic mass is 9.98. The lowest BCUT2D eigenvalue weighted by Crippen LogP contribution is -2.44. The number of hydrogen-bond donors (Lipinski definition) is 5. The van der Waals surface area contributed by atoms with Crippen molar-refractivity contribution in [3.63, 3.8) is 0 Å². The Hall–Kier alpha value is -9.17. The number of hydrogen-bond acceptors (Lipinski definition) is 13. The summed E-state index contributed by atoms with van der Waals surface area (Å²) >= 11 is 17.9. The number of H-pyrrole nitrogens is 4. The molecule has 1 saturated heterocycles. The lowest BCUT2D eigenvalue weighted by Gasteiger charge is -2.27. The van der Waals surface area contributed by atoms with E-state index in [1.165, 1.54) is 17.8 Å². The van der Waals surface area contributed by atoms with Gasteiger partial charge in [-0.3, -0.25) is 25.4 Å². The Morgan fingerprint density at radius 2 is 0.822 bits per heavy atom. The highest BCUT2D eigenvalue weighted by Gasteiger charge is 2.20. The van der Waals surface area contributed by atoms with Gasteiger partial charge in [-0.25, -0.2) is 34.3 Å². The molecule has 8 aromatic heterocycles. The predicted molar refractivity (Wildman–Crippen MR) is 365 cm³/mol. The molecule has 0 atom stereocenters. The first-order valence-corrected chi connectivity index (χ1v) is 29.3. The predicted octanol–water partition coefficient (Wildman–Crippen LogP) is 16.5. The quantitative estimate of drug-likeness (QED) is 0.0685. The summed E-state index contributed by atoms with van der Waals surface area (Å²) in [6.45, 7) is 11.4. The van der Waals surface area contributed by atoms with Crippen molar-refractivity contribution in [3.8, 4) is 89.9 Å². The standard InChI is InChI=1S/C20H22ClN5.2C15H13ClN4.C15H13FN4.4CH4/c21-17-3-1-16(2-4-17)20-19(15-5-8-22-9-6-15)18(24-25-20)7-12-26-13-10-23-11-14-26;3*1-2-14-17-8-7-13(19-14)12-9-18-20-15(12)10-3-5-11(16)6-4-10;;;;/h1-6,8-9,23H,7,10-14H2,(H,24,25);3*3-9H,2H2,1H3,(H,18,20);4*1H4. The van der Waals surface area contributed by atoms with E-state index in [4.69, 9.17) is 34.8 Å². The zero-order valence-electron chi connectivity index (χ0n) is 47.5. The summed E-state index contributed by atoms with van der Waals surface area (Å²) in [7, 11) is 0. The molecule has 12 aromatic rings. The Morgan fingerprint density at radius 3 is 1.21 bits per heavy atom. The highest BCUT2D eigenvalue weighted by molar-refractivity contribution is 6.31. The summed E-state index contributed by atoms with van der Waals surface area (Å²) in [4.78, 5) is 32.9. The number of piperazine rings is 1. The Bertz CT molecular complexity index is 3750. The van der Waals surface area contributed by atoms with Gasteiger partial charge in [-0.05, 0) is 96.6 Å². The van der Waals surface area contributed by atoms with Crippen LogP contribution in [-0.4, -0.2) is 113 Å². The van der Waals surface area contributed by atoms with Crippen LogP contribution < -0.4 is 5.32 Å². The molecule has 0 aliphatic carbocycles. The molecule has 1 aliphatic rings. The normalized spacial score (nSPS) is 11.5. The molecule has 17 nitrogen and oxygen atoms in total. The van der Waals surface area contributed by atoms with E-state index >= 15 is 0 Å². The summed E-state index contributed by atoms with van der Waals surface area (Å²) in [6, 6.07) is 39.1. The number of halogens is 4. The van der Waals surface area contributed by atoms with Gasteiger partial charge in [-0.2, -0.15) is 20.4 Å². The minimum atomic E-state index is -0.259. The minimum absolute atomic E-state index is 0. The second-order valence-electron chi connectivity index (χ2n) is 19.6. The summed E-state index contributed by atoms with van der Waals surface area (Å²) < 4.78 is 13.0. The number of nitrogens with zero attached hydrogens (tertiary/aromatic N) is 12. The van der Waals surface area contributed by atoms with Gasteiger partial charge in [0.15, 0.2) is 0 Å². The average Bonchev–Trinajstić information content (AvgIpc) is 3.85. The van der Waals surface area contributed by atoms with E-state index in [1.54, 1.807) is 49.3 Å². The molecule has 0 unspecified atom stereocenters. The number of aromatic nitrogens is 15. The van der Waals surface area contributed by atoms with Gasteiger partial charge in [0.25, 0.3) is 0 Å². The van der Waals surface area contributed by atoms with Gasteiger partial charge in [0, 0.05) is 155 Å². The van der Waals surface area contributed by atoms with E-state index in [9.17, 15) is 4.39 Å². The summed E-state index contributed by atoms with van der Waals surface area (Å²) in [5, 5.41) is 34.8.